The van der Waals surface area contributed by atoms with Gasteiger partial charge in [-0.1, -0.05) is 25.6 Å². The summed E-state index contributed by atoms with van der Waals surface area (Å²) in [5.41, 5.74) is 0.901. The second-order valence-corrected chi connectivity index (χ2v) is 7.49. The number of hydrogen-bond donors (Lipinski definition) is 1. The van der Waals surface area contributed by atoms with Gasteiger partial charge in [0.25, 0.3) is 0 Å². The average molecular weight is 339 g/mol. The van der Waals surface area contributed by atoms with Gasteiger partial charge in [-0.25, -0.2) is 13.4 Å². The molecule has 7 heteroatoms. The van der Waals surface area contributed by atoms with E-state index < -0.39 is 15.1 Å². The van der Waals surface area contributed by atoms with Gasteiger partial charge in [0.1, 0.15) is 15.7 Å². The summed E-state index contributed by atoms with van der Waals surface area (Å²) in [6.45, 7) is 3.65. The van der Waals surface area contributed by atoms with Crippen molar-refractivity contribution in [2.24, 2.45) is 0 Å². The molecule has 0 radical (unpaired) electrons. The second kappa shape index (κ2) is 5.58. The minimum Gasteiger partial charge on any atom is -0.345 e. The fourth-order valence-corrected chi connectivity index (χ4v) is 2.47. The van der Waals surface area contributed by atoms with Crippen molar-refractivity contribution >= 4 is 38.0 Å². The van der Waals surface area contributed by atoms with E-state index in [1.165, 1.54) is 6.26 Å². The van der Waals surface area contributed by atoms with Crippen LogP contribution < -0.4 is 0 Å². The quantitative estimate of drug-likeness (QED) is 0.857. The topological polar surface area (TPSA) is 62.8 Å². The zero-order valence-electron chi connectivity index (χ0n) is 9.95. The monoisotopic (exact) mass is 338 g/mol. The lowest BCUT2D eigenvalue weighted by molar-refractivity contribution is 0.588. The molecule has 0 aliphatic rings. The number of aromatic nitrogens is 2. The zero-order valence-corrected chi connectivity index (χ0v) is 13.2. The average Bonchev–Trinajstić information content (AvgIpc) is 2.22. The molecule has 1 atom stereocenters. The molecule has 0 aliphatic carbocycles. The molecule has 0 bridgehead atoms. The molecule has 1 aromatic rings. The highest BCUT2D eigenvalue weighted by Crippen LogP contribution is 2.22. The number of aryl methyl sites for hydroxylation is 1. The number of hydrogen-bond acceptors (Lipinski definition) is 4. The van der Waals surface area contributed by atoms with Crippen LogP contribution in [-0.4, -0.2) is 24.6 Å². The van der Waals surface area contributed by atoms with Gasteiger partial charge in [-0.15, -0.1) is 0 Å². The van der Waals surface area contributed by atoms with Crippen LogP contribution in [-0.2, 0) is 16.3 Å². The molecule has 1 unspecified atom stereocenters. The van der Waals surface area contributed by atoms with Crippen molar-refractivity contribution in [1.29, 1.82) is 0 Å². The minimum atomic E-state index is -3.17. The fourth-order valence-electron chi connectivity index (χ4n) is 1.34. The highest BCUT2D eigenvalue weighted by Gasteiger charge is 2.20. The third kappa shape index (κ3) is 3.59. The first-order valence-corrected chi connectivity index (χ1v) is 8.40. The normalized spacial score (nSPS) is 13.6. The molecule has 1 aromatic heterocycles. The van der Waals surface area contributed by atoms with Crippen LogP contribution in [0.15, 0.2) is 4.47 Å². The first-order valence-electron chi connectivity index (χ1n) is 5.24. The van der Waals surface area contributed by atoms with E-state index in [2.05, 4.69) is 25.9 Å². The SMILES string of the molecule is CCCc1[nH]c(C(C)S(C)(=O)=O)nc(=S)c1Br. The van der Waals surface area contributed by atoms with Crippen molar-refractivity contribution in [3.63, 3.8) is 0 Å². The molecule has 1 heterocycles. The lowest BCUT2D eigenvalue weighted by Crippen LogP contribution is -2.13. The highest BCUT2D eigenvalue weighted by molar-refractivity contribution is 9.10. The van der Waals surface area contributed by atoms with E-state index in [4.69, 9.17) is 12.2 Å². The van der Waals surface area contributed by atoms with Crippen molar-refractivity contribution < 1.29 is 8.42 Å². The lowest BCUT2D eigenvalue weighted by Gasteiger charge is -2.12. The van der Waals surface area contributed by atoms with E-state index in [0.717, 1.165) is 23.0 Å². The number of H-pyrrole nitrogens is 1. The molecule has 0 saturated heterocycles. The van der Waals surface area contributed by atoms with Gasteiger partial charge in [-0.3, -0.25) is 0 Å². The Morgan fingerprint density at radius 1 is 1.53 bits per heavy atom. The summed E-state index contributed by atoms with van der Waals surface area (Å²) in [7, 11) is -3.17. The van der Waals surface area contributed by atoms with Crippen LogP contribution in [0.1, 0.15) is 37.0 Å². The van der Waals surface area contributed by atoms with Crippen LogP contribution in [0.3, 0.4) is 0 Å². The third-order valence-electron chi connectivity index (χ3n) is 2.48. The Kier molecular flexibility index (Phi) is 4.86. The first kappa shape index (κ1) is 14.8. The molecular weight excluding hydrogens is 324 g/mol. The number of rotatable bonds is 4. The maximum absolute atomic E-state index is 11.5. The molecule has 0 aliphatic heterocycles. The third-order valence-corrected chi connectivity index (χ3v) is 5.40. The number of nitrogens with one attached hydrogen (secondary N) is 1. The van der Waals surface area contributed by atoms with Crippen LogP contribution in [0.4, 0.5) is 0 Å². The molecule has 96 valence electrons. The Hall–Kier alpha value is -0.270. The molecule has 0 spiro atoms. The lowest BCUT2D eigenvalue weighted by atomic mass is 10.2. The number of nitrogens with zero attached hydrogens (tertiary/aromatic N) is 1. The molecule has 0 aromatic carbocycles. The Labute approximate surface area is 115 Å². The minimum absolute atomic E-state index is 0.401. The van der Waals surface area contributed by atoms with Crippen molar-refractivity contribution in [1.82, 2.24) is 9.97 Å². The predicted molar refractivity (Wildman–Crippen MR) is 74.4 cm³/mol. The Bertz CT molecular complexity index is 566. The maximum atomic E-state index is 11.5. The molecule has 1 rings (SSSR count). The van der Waals surface area contributed by atoms with E-state index in [1.54, 1.807) is 6.92 Å². The van der Waals surface area contributed by atoms with Crippen molar-refractivity contribution in [3.05, 3.63) is 20.6 Å². The summed E-state index contributed by atoms with van der Waals surface area (Å²) in [6.07, 6.45) is 2.94. The molecule has 4 nitrogen and oxygen atoms in total. The Morgan fingerprint density at radius 2 is 2.12 bits per heavy atom. The Balaban J connectivity index is 3.33. The van der Waals surface area contributed by atoms with Crippen molar-refractivity contribution in [2.75, 3.05) is 6.26 Å². The van der Waals surface area contributed by atoms with Gasteiger partial charge < -0.3 is 4.98 Å². The maximum Gasteiger partial charge on any atom is 0.157 e. The predicted octanol–water partition coefficient (Wildman–Crippen LogP) is 2.96. The van der Waals surface area contributed by atoms with Gasteiger partial charge in [-0.05, 0) is 29.3 Å². The van der Waals surface area contributed by atoms with Crippen LogP contribution in [0, 0.1) is 4.64 Å². The summed E-state index contributed by atoms with van der Waals surface area (Å²) in [4.78, 5) is 7.17. The zero-order chi connectivity index (χ0) is 13.2. The van der Waals surface area contributed by atoms with E-state index in [0.29, 0.717) is 10.5 Å². The molecule has 17 heavy (non-hydrogen) atoms. The molecule has 1 N–H and O–H groups in total. The van der Waals surface area contributed by atoms with Crippen molar-refractivity contribution in [3.8, 4) is 0 Å². The smallest absolute Gasteiger partial charge is 0.157 e. The first-order chi connectivity index (χ1) is 7.77. The van der Waals surface area contributed by atoms with Gasteiger partial charge in [-0.2, -0.15) is 0 Å². The van der Waals surface area contributed by atoms with Gasteiger partial charge in [0.05, 0.1) is 4.47 Å². The van der Waals surface area contributed by atoms with E-state index >= 15 is 0 Å². The largest absolute Gasteiger partial charge is 0.345 e. The molecular formula is C10H15BrN2O2S2. The second-order valence-electron chi connectivity index (χ2n) is 3.94. The van der Waals surface area contributed by atoms with Gasteiger partial charge >= 0.3 is 0 Å². The van der Waals surface area contributed by atoms with Crippen LogP contribution in [0.2, 0.25) is 0 Å². The summed E-state index contributed by atoms with van der Waals surface area (Å²) < 4.78 is 24.1. The summed E-state index contributed by atoms with van der Waals surface area (Å²) in [5.74, 6) is 0.407. The molecule has 0 saturated carbocycles. The van der Waals surface area contributed by atoms with Gasteiger partial charge in [0.2, 0.25) is 0 Å². The van der Waals surface area contributed by atoms with E-state index in [9.17, 15) is 8.42 Å². The number of halogens is 1. The standard InChI is InChI=1S/C10H15BrN2O2S2/c1-4-5-7-8(11)10(16)13-9(12-7)6(2)17(3,14)15/h6H,4-5H2,1-3H3,(H,12,13,16). The molecule has 0 amide bonds. The van der Waals surface area contributed by atoms with Gasteiger partial charge in [0.15, 0.2) is 9.84 Å². The Morgan fingerprint density at radius 3 is 2.59 bits per heavy atom. The van der Waals surface area contributed by atoms with Crippen LogP contribution in [0.25, 0.3) is 0 Å². The van der Waals surface area contributed by atoms with E-state index in [-0.39, 0.29) is 0 Å². The molecule has 0 fully saturated rings. The van der Waals surface area contributed by atoms with Crippen molar-refractivity contribution in [2.45, 2.75) is 31.9 Å². The van der Waals surface area contributed by atoms with Gasteiger partial charge in [0, 0.05) is 11.9 Å². The number of sulfone groups is 1. The summed E-state index contributed by atoms with van der Waals surface area (Å²) >= 11 is 8.48. The van der Waals surface area contributed by atoms with Crippen LogP contribution in [0.5, 0.6) is 0 Å². The highest BCUT2D eigenvalue weighted by atomic mass is 79.9. The van der Waals surface area contributed by atoms with E-state index in [1.807, 2.05) is 6.92 Å². The fraction of sp³-hybridized carbons (Fsp3) is 0.600. The summed E-state index contributed by atoms with van der Waals surface area (Å²) in [5, 5.41) is -0.673. The number of aromatic amines is 1. The van der Waals surface area contributed by atoms with Crippen LogP contribution >= 0.6 is 28.1 Å². The summed E-state index contributed by atoms with van der Waals surface area (Å²) in [6, 6.07) is 0.